The highest BCUT2D eigenvalue weighted by molar-refractivity contribution is 5.83. The topological polar surface area (TPSA) is 45.8 Å². The molecule has 1 aromatic carbocycles. The largest absolute Gasteiger partial charge is 0.348 e. The Kier molecular flexibility index (Phi) is 2.97. The maximum absolute atomic E-state index is 12.3. The predicted molar refractivity (Wildman–Crippen MR) is 69.3 cm³/mol. The van der Waals surface area contributed by atoms with Crippen LogP contribution in [-0.4, -0.2) is 15.8 Å². The number of benzene rings is 1. The highest BCUT2D eigenvalue weighted by Crippen LogP contribution is 2.24. The number of carbonyl (C=O) groups excluding carboxylic acids is 1. The number of imidazole rings is 1. The van der Waals surface area contributed by atoms with Crippen molar-refractivity contribution in [2.24, 2.45) is 5.92 Å². The van der Waals surface area contributed by atoms with Gasteiger partial charge in [0.2, 0.25) is 0 Å². The summed E-state index contributed by atoms with van der Waals surface area (Å²) >= 11 is 0. The monoisotopic (exact) mass is 240 g/mol. The maximum Gasteiger partial charge on any atom is 0.140 e. The lowest BCUT2D eigenvalue weighted by Gasteiger charge is -2.20. The summed E-state index contributed by atoms with van der Waals surface area (Å²) in [7, 11) is 0. The number of Topliss-reactive ketones (excluding diaryl/α,β-unsaturated/α-hetero) is 1. The summed E-state index contributed by atoms with van der Waals surface area (Å²) in [6, 6.07) is 9.98. The zero-order chi connectivity index (χ0) is 12.4. The first-order valence-corrected chi connectivity index (χ1v) is 6.40. The summed E-state index contributed by atoms with van der Waals surface area (Å²) < 4.78 is 0. The van der Waals surface area contributed by atoms with E-state index in [0.717, 1.165) is 36.2 Å². The van der Waals surface area contributed by atoms with Gasteiger partial charge in [-0.3, -0.25) is 4.79 Å². The van der Waals surface area contributed by atoms with Crippen LogP contribution in [0.25, 0.3) is 0 Å². The van der Waals surface area contributed by atoms with E-state index in [1.165, 1.54) is 0 Å². The van der Waals surface area contributed by atoms with Crippen molar-refractivity contribution < 1.29 is 4.79 Å². The van der Waals surface area contributed by atoms with Crippen molar-refractivity contribution in [3.05, 3.63) is 53.6 Å². The summed E-state index contributed by atoms with van der Waals surface area (Å²) in [5.41, 5.74) is 3.39. The minimum absolute atomic E-state index is 0.151. The van der Waals surface area contributed by atoms with Crippen LogP contribution in [0.4, 0.5) is 0 Å². The summed E-state index contributed by atoms with van der Waals surface area (Å²) in [5.74, 6) is 0.500. The second-order valence-electron chi connectivity index (χ2n) is 4.90. The molecule has 1 atom stereocenters. The Morgan fingerprint density at radius 1 is 1.33 bits per heavy atom. The quantitative estimate of drug-likeness (QED) is 0.895. The molecule has 3 rings (SSSR count). The molecule has 0 saturated carbocycles. The minimum Gasteiger partial charge on any atom is -0.348 e. The Morgan fingerprint density at radius 2 is 2.17 bits per heavy atom. The number of aryl methyl sites for hydroxylation is 1. The van der Waals surface area contributed by atoms with E-state index < -0.39 is 0 Å². The van der Waals surface area contributed by atoms with Gasteiger partial charge in [0.1, 0.15) is 5.78 Å². The highest BCUT2D eigenvalue weighted by Gasteiger charge is 2.25. The normalized spacial score (nSPS) is 18.3. The highest BCUT2D eigenvalue weighted by atomic mass is 16.1. The fraction of sp³-hybridized carbons (Fsp3) is 0.333. The molecular formula is C15H16N2O. The van der Waals surface area contributed by atoms with Gasteiger partial charge in [0.15, 0.2) is 0 Å². The lowest BCUT2D eigenvalue weighted by atomic mass is 9.84. The lowest BCUT2D eigenvalue weighted by Crippen LogP contribution is -2.24. The number of H-pyrrole nitrogens is 1. The molecule has 18 heavy (non-hydrogen) atoms. The molecule has 0 saturated heterocycles. The molecule has 0 radical (unpaired) electrons. The van der Waals surface area contributed by atoms with Gasteiger partial charge in [-0.05, 0) is 24.8 Å². The number of nitrogens with zero attached hydrogens (tertiary/aromatic N) is 1. The number of rotatable bonds is 3. The van der Waals surface area contributed by atoms with Crippen molar-refractivity contribution in [2.45, 2.75) is 25.7 Å². The van der Waals surface area contributed by atoms with E-state index in [1.807, 2.05) is 30.3 Å². The molecular weight excluding hydrogens is 224 g/mol. The summed E-state index contributed by atoms with van der Waals surface area (Å²) in [5, 5.41) is 0. The van der Waals surface area contributed by atoms with Gasteiger partial charge < -0.3 is 4.98 Å². The molecule has 1 unspecified atom stereocenters. The maximum atomic E-state index is 12.3. The first-order chi connectivity index (χ1) is 8.83. The van der Waals surface area contributed by atoms with Gasteiger partial charge >= 0.3 is 0 Å². The molecule has 0 fully saturated rings. The SMILES string of the molecule is O=C(Cc1ccccc1)C1CCc2nc[nH]c2C1. The number of carbonyl (C=O) groups is 1. The van der Waals surface area contributed by atoms with Crippen molar-refractivity contribution in [1.82, 2.24) is 9.97 Å². The first kappa shape index (κ1) is 11.2. The molecule has 1 heterocycles. The van der Waals surface area contributed by atoms with Gasteiger partial charge in [0, 0.05) is 18.0 Å². The van der Waals surface area contributed by atoms with Crippen LogP contribution in [0.1, 0.15) is 23.4 Å². The van der Waals surface area contributed by atoms with Crippen LogP contribution in [0.15, 0.2) is 36.7 Å². The molecule has 0 spiro atoms. The number of ketones is 1. The summed E-state index contributed by atoms with van der Waals surface area (Å²) in [6.07, 6.45) is 4.96. The average molecular weight is 240 g/mol. The smallest absolute Gasteiger partial charge is 0.140 e. The summed E-state index contributed by atoms with van der Waals surface area (Å²) in [4.78, 5) is 19.7. The molecule has 0 bridgehead atoms. The van der Waals surface area contributed by atoms with Gasteiger partial charge in [-0.2, -0.15) is 0 Å². The standard InChI is InChI=1S/C15H16N2O/c18-15(8-11-4-2-1-3-5-11)12-6-7-13-14(9-12)17-10-16-13/h1-5,10,12H,6-9H2,(H,16,17). The van der Waals surface area contributed by atoms with Crippen molar-refractivity contribution in [3.63, 3.8) is 0 Å². The van der Waals surface area contributed by atoms with E-state index >= 15 is 0 Å². The molecule has 1 aliphatic carbocycles. The van der Waals surface area contributed by atoms with E-state index in [-0.39, 0.29) is 5.92 Å². The van der Waals surface area contributed by atoms with Crippen LogP contribution in [-0.2, 0) is 24.1 Å². The third-order valence-electron chi connectivity index (χ3n) is 3.66. The fourth-order valence-corrected chi connectivity index (χ4v) is 2.62. The lowest BCUT2D eigenvalue weighted by molar-refractivity contribution is -0.122. The van der Waals surface area contributed by atoms with Crippen molar-refractivity contribution in [1.29, 1.82) is 0 Å². The Morgan fingerprint density at radius 3 is 3.00 bits per heavy atom. The summed E-state index contributed by atoms with van der Waals surface area (Å²) in [6.45, 7) is 0. The van der Waals surface area contributed by atoms with E-state index in [0.29, 0.717) is 12.2 Å². The first-order valence-electron chi connectivity index (χ1n) is 6.40. The third-order valence-corrected chi connectivity index (χ3v) is 3.66. The van der Waals surface area contributed by atoms with Crippen molar-refractivity contribution in [2.75, 3.05) is 0 Å². The van der Waals surface area contributed by atoms with E-state index in [4.69, 9.17) is 0 Å². The molecule has 3 nitrogen and oxygen atoms in total. The van der Waals surface area contributed by atoms with Gasteiger partial charge in [0.05, 0.1) is 12.0 Å². The number of nitrogens with one attached hydrogen (secondary N) is 1. The van der Waals surface area contributed by atoms with Crippen LogP contribution in [0.3, 0.4) is 0 Å². The van der Waals surface area contributed by atoms with Gasteiger partial charge in [-0.1, -0.05) is 30.3 Å². The Hall–Kier alpha value is -1.90. The zero-order valence-electron chi connectivity index (χ0n) is 10.2. The van der Waals surface area contributed by atoms with Gasteiger partial charge in [0.25, 0.3) is 0 Å². The number of hydrogen-bond donors (Lipinski definition) is 1. The Labute approximate surface area is 106 Å². The van der Waals surface area contributed by atoms with Gasteiger partial charge in [-0.15, -0.1) is 0 Å². The number of aromatic amines is 1. The van der Waals surface area contributed by atoms with Crippen LogP contribution in [0, 0.1) is 5.92 Å². The molecule has 0 amide bonds. The molecule has 1 aromatic heterocycles. The molecule has 0 aliphatic heterocycles. The average Bonchev–Trinajstić information content (AvgIpc) is 2.87. The molecule has 2 aromatic rings. The molecule has 1 aliphatic rings. The van der Waals surface area contributed by atoms with Crippen molar-refractivity contribution >= 4 is 5.78 Å². The number of fused-ring (bicyclic) bond motifs is 1. The number of hydrogen-bond acceptors (Lipinski definition) is 2. The molecule has 1 N–H and O–H groups in total. The van der Waals surface area contributed by atoms with E-state index in [1.54, 1.807) is 6.33 Å². The molecule has 3 heteroatoms. The second-order valence-corrected chi connectivity index (χ2v) is 4.90. The van der Waals surface area contributed by atoms with E-state index in [2.05, 4.69) is 9.97 Å². The van der Waals surface area contributed by atoms with E-state index in [9.17, 15) is 4.79 Å². The zero-order valence-corrected chi connectivity index (χ0v) is 10.2. The predicted octanol–water partition coefficient (Wildman–Crippen LogP) is 2.33. The number of aromatic nitrogens is 2. The van der Waals surface area contributed by atoms with Gasteiger partial charge in [-0.25, -0.2) is 4.98 Å². The fourth-order valence-electron chi connectivity index (χ4n) is 2.62. The Balaban J connectivity index is 1.68. The van der Waals surface area contributed by atoms with Crippen LogP contribution < -0.4 is 0 Å². The van der Waals surface area contributed by atoms with Crippen molar-refractivity contribution in [3.8, 4) is 0 Å². The van der Waals surface area contributed by atoms with Crippen LogP contribution >= 0.6 is 0 Å². The third kappa shape index (κ3) is 2.21. The second kappa shape index (κ2) is 4.77. The van der Waals surface area contributed by atoms with Crippen LogP contribution in [0.5, 0.6) is 0 Å². The minimum atomic E-state index is 0.151. The Bertz CT molecular complexity index is 545. The van der Waals surface area contributed by atoms with Crippen LogP contribution in [0.2, 0.25) is 0 Å². The molecule has 92 valence electrons.